The first-order valence-electron chi connectivity index (χ1n) is 8.04. The van der Waals surface area contributed by atoms with Gasteiger partial charge in [-0.15, -0.1) is 0 Å². The molecule has 0 spiro atoms. The van der Waals surface area contributed by atoms with E-state index < -0.39 is 0 Å². The molecule has 0 radical (unpaired) electrons. The molecule has 4 aliphatic rings. The van der Waals surface area contributed by atoms with Crippen molar-refractivity contribution >= 4 is 0 Å². The van der Waals surface area contributed by atoms with E-state index in [0.717, 1.165) is 35.5 Å². The maximum absolute atomic E-state index is 2.59. The lowest BCUT2D eigenvalue weighted by Gasteiger charge is -2.52. The average molecular weight is 252 g/mol. The van der Waals surface area contributed by atoms with Gasteiger partial charge in [-0.2, -0.15) is 0 Å². The van der Waals surface area contributed by atoms with Gasteiger partial charge in [0.2, 0.25) is 0 Å². The molecule has 1 fully saturated rings. The first kappa shape index (κ1) is 11.8. The molecule has 0 saturated heterocycles. The van der Waals surface area contributed by atoms with Crippen LogP contribution in [-0.2, 0) is 0 Å². The van der Waals surface area contributed by atoms with Crippen LogP contribution < -0.4 is 0 Å². The molecule has 4 aliphatic carbocycles. The largest absolute Gasteiger partial charge is 0.0882 e. The molecule has 4 rings (SSSR count). The molecule has 0 nitrogen and oxygen atoms in total. The van der Waals surface area contributed by atoms with Gasteiger partial charge in [-0.1, -0.05) is 48.1 Å². The summed E-state index contributed by atoms with van der Waals surface area (Å²) in [6.45, 7) is 2.27. The summed E-state index contributed by atoms with van der Waals surface area (Å²) in [5, 5.41) is 0. The van der Waals surface area contributed by atoms with Crippen molar-refractivity contribution in [2.24, 2.45) is 35.5 Å². The maximum Gasteiger partial charge on any atom is -0.0128 e. The summed E-state index contributed by atoms with van der Waals surface area (Å²) in [6, 6.07) is 0. The molecule has 0 aromatic heterocycles. The Morgan fingerprint density at radius 1 is 0.789 bits per heavy atom. The Morgan fingerprint density at radius 2 is 1.37 bits per heavy atom. The fourth-order valence-corrected chi connectivity index (χ4v) is 5.18. The highest BCUT2D eigenvalue weighted by Gasteiger charge is 2.47. The van der Waals surface area contributed by atoms with Gasteiger partial charge in [-0.3, -0.25) is 0 Å². The molecule has 0 amide bonds. The van der Waals surface area contributed by atoms with Crippen LogP contribution in [-0.4, -0.2) is 0 Å². The van der Waals surface area contributed by atoms with Gasteiger partial charge < -0.3 is 0 Å². The first-order chi connectivity index (χ1) is 9.34. The molecule has 0 aromatic carbocycles. The fraction of sp³-hybridized carbons (Fsp3) is 0.579. The van der Waals surface area contributed by atoms with Crippen LogP contribution in [0.15, 0.2) is 48.1 Å². The van der Waals surface area contributed by atoms with Crippen molar-refractivity contribution in [3.63, 3.8) is 0 Å². The van der Waals surface area contributed by atoms with E-state index in [4.69, 9.17) is 0 Å². The van der Waals surface area contributed by atoms with Crippen molar-refractivity contribution in [1.29, 1.82) is 0 Å². The smallest absolute Gasteiger partial charge is 0.0128 e. The van der Waals surface area contributed by atoms with Crippen molar-refractivity contribution in [2.45, 2.75) is 32.6 Å². The van der Waals surface area contributed by atoms with Gasteiger partial charge in [0.15, 0.2) is 0 Å². The molecule has 0 N–H and O–H groups in total. The third-order valence-electron chi connectivity index (χ3n) is 5.95. The third kappa shape index (κ3) is 1.80. The van der Waals surface area contributed by atoms with E-state index in [2.05, 4.69) is 49.5 Å². The fourth-order valence-electron chi connectivity index (χ4n) is 5.18. The van der Waals surface area contributed by atoms with Gasteiger partial charge in [-0.05, 0) is 68.1 Å². The van der Waals surface area contributed by atoms with Gasteiger partial charge in [-0.25, -0.2) is 0 Å². The van der Waals surface area contributed by atoms with E-state index in [1.165, 1.54) is 31.3 Å². The molecular weight excluding hydrogens is 228 g/mol. The Kier molecular flexibility index (Phi) is 2.79. The normalized spacial score (nSPS) is 47.1. The topological polar surface area (TPSA) is 0 Å². The Morgan fingerprint density at radius 3 is 2.05 bits per heavy atom. The minimum Gasteiger partial charge on any atom is -0.0882 e. The van der Waals surface area contributed by atoms with Crippen LogP contribution in [0, 0.1) is 35.5 Å². The lowest BCUT2D eigenvalue weighted by molar-refractivity contribution is 0.0503. The quantitative estimate of drug-likeness (QED) is 0.537. The zero-order valence-corrected chi connectivity index (χ0v) is 11.8. The van der Waals surface area contributed by atoms with Gasteiger partial charge in [0.25, 0.3) is 0 Å². The molecule has 0 aliphatic heterocycles. The lowest BCUT2D eigenvalue weighted by Crippen LogP contribution is -2.46. The Hall–Kier alpha value is -1.04. The monoisotopic (exact) mass is 252 g/mol. The van der Waals surface area contributed by atoms with Crippen molar-refractivity contribution in [3.8, 4) is 0 Å². The van der Waals surface area contributed by atoms with Crippen LogP contribution in [0.5, 0.6) is 0 Å². The van der Waals surface area contributed by atoms with Gasteiger partial charge in [0.05, 0.1) is 0 Å². The number of hydrogen-bond acceptors (Lipinski definition) is 0. The number of fused-ring (bicyclic) bond motifs is 6. The summed E-state index contributed by atoms with van der Waals surface area (Å²) < 4.78 is 0. The van der Waals surface area contributed by atoms with Gasteiger partial charge >= 0.3 is 0 Å². The second-order valence-electron chi connectivity index (χ2n) is 6.92. The van der Waals surface area contributed by atoms with Crippen molar-refractivity contribution in [1.82, 2.24) is 0 Å². The maximum atomic E-state index is 2.59. The number of rotatable bonds is 0. The lowest BCUT2D eigenvalue weighted by atomic mass is 9.52. The van der Waals surface area contributed by atoms with Gasteiger partial charge in [0.1, 0.15) is 0 Å². The van der Waals surface area contributed by atoms with E-state index in [1.807, 2.05) is 0 Å². The molecule has 0 aromatic rings. The minimum atomic E-state index is 0.811. The van der Waals surface area contributed by atoms with E-state index in [0.29, 0.717) is 0 Å². The summed E-state index contributed by atoms with van der Waals surface area (Å²) in [5.41, 5.74) is 1.49. The van der Waals surface area contributed by atoms with E-state index >= 15 is 0 Å². The molecule has 6 atom stereocenters. The second-order valence-corrected chi connectivity index (χ2v) is 6.92. The molecule has 0 bridgehead atoms. The van der Waals surface area contributed by atoms with Crippen LogP contribution in [0.1, 0.15) is 32.6 Å². The van der Waals surface area contributed by atoms with Crippen molar-refractivity contribution < 1.29 is 0 Å². The Bertz CT molecular complexity index is 476. The molecule has 100 valence electrons. The molecule has 0 heteroatoms. The van der Waals surface area contributed by atoms with Crippen LogP contribution in [0.25, 0.3) is 0 Å². The molecule has 6 unspecified atom stereocenters. The molecular formula is C19H24. The van der Waals surface area contributed by atoms with Gasteiger partial charge in [0, 0.05) is 0 Å². The summed E-state index contributed by atoms with van der Waals surface area (Å²) in [5.74, 6) is 5.03. The standard InChI is InChI=1S/C19H24/c1-13-10-11-18-16-8-3-2-6-14(16)15-7-4-5-9-17(15)19(18)12-13/h2,4,6-7,10-12,14-19H,3,5,8-9H2,1H3. The highest BCUT2D eigenvalue weighted by atomic mass is 14.5. The van der Waals surface area contributed by atoms with Crippen LogP contribution >= 0.6 is 0 Å². The van der Waals surface area contributed by atoms with Crippen molar-refractivity contribution in [2.75, 3.05) is 0 Å². The van der Waals surface area contributed by atoms with Crippen LogP contribution in [0.4, 0.5) is 0 Å². The van der Waals surface area contributed by atoms with E-state index in [-0.39, 0.29) is 0 Å². The SMILES string of the molecule is CC1=CC2C(C=C1)C1CCC=CC1C1C=CCCC12. The van der Waals surface area contributed by atoms with Crippen LogP contribution in [0.2, 0.25) is 0 Å². The minimum absolute atomic E-state index is 0.811. The number of allylic oxidation sites excluding steroid dienone is 8. The highest BCUT2D eigenvalue weighted by molar-refractivity contribution is 5.29. The van der Waals surface area contributed by atoms with Crippen molar-refractivity contribution in [3.05, 3.63) is 48.1 Å². The van der Waals surface area contributed by atoms with E-state index in [1.54, 1.807) is 0 Å². The second kappa shape index (κ2) is 4.51. The predicted molar refractivity (Wildman–Crippen MR) is 80.6 cm³/mol. The number of hydrogen-bond donors (Lipinski definition) is 0. The molecule has 1 saturated carbocycles. The highest BCUT2D eigenvalue weighted by Crippen LogP contribution is 2.54. The summed E-state index contributed by atoms with van der Waals surface area (Å²) in [6.07, 6.45) is 22.9. The van der Waals surface area contributed by atoms with Crippen LogP contribution in [0.3, 0.4) is 0 Å². The Balaban J connectivity index is 1.77. The molecule has 19 heavy (non-hydrogen) atoms. The Labute approximate surface area is 117 Å². The summed E-state index contributed by atoms with van der Waals surface area (Å²) >= 11 is 0. The zero-order chi connectivity index (χ0) is 12.8. The molecule has 0 heterocycles. The zero-order valence-electron chi connectivity index (χ0n) is 11.8. The van der Waals surface area contributed by atoms with E-state index in [9.17, 15) is 0 Å². The summed E-state index contributed by atoms with van der Waals surface area (Å²) in [4.78, 5) is 0. The third-order valence-corrected chi connectivity index (χ3v) is 5.95. The average Bonchev–Trinajstić information content (AvgIpc) is 2.47. The first-order valence-corrected chi connectivity index (χ1v) is 8.04. The summed E-state index contributed by atoms with van der Waals surface area (Å²) in [7, 11) is 0. The predicted octanol–water partition coefficient (Wildman–Crippen LogP) is 4.91.